The Balaban J connectivity index is 3.02. The predicted molar refractivity (Wildman–Crippen MR) is 60.2 cm³/mol. The number of carboxylic acids is 1. The molecule has 0 unspecified atom stereocenters. The van der Waals surface area contributed by atoms with Gasteiger partial charge in [-0.25, -0.2) is 0 Å². The Kier molecular flexibility index (Phi) is 4.17. The van der Waals surface area contributed by atoms with Gasteiger partial charge in [-0.2, -0.15) is 0 Å². The highest BCUT2D eigenvalue weighted by Gasteiger charge is 2.15. The summed E-state index contributed by atoms with van der Waals surface area (Å²) in [6.45, 7) is 1.85. The second kappa shape index (κ2) is 5.39. The van der Waals surface area contributed by atoms with Crippen molar-refractivity contribution >= 4 is 5.97 Å². The Morgan fingerprint density at radius 3 is 2.56 bits per heavy atom. The molecule has 1 atom stereocenters. The summed E-state index contributed by atoms with van der Waals surface area (Å²) in [5.41, 5.74) is 0.851. The Morgan fingerprint density at radius 1 is 1.38 bits per heavy atom. The van der Waals surface area contributed by atoms with Crippen LogP contribution in [0.15, 0.2) is 18.2 Å². The first-order chi connectivity index (χ1) is 7.58. The van der Waals surface area contributed by atoms with Gasteiger partial charge >= 0.3 is 5.97 Å². The van der Waals surface area contributed by atoms with E-state index in [0.717, 1.165) is 5.56 Å². The number of carbonyl (C=O) groups is 1. The second-order valence-corrected chi connectivity index (χ2v) is 3.61. The van der Waals surface area contributed by atoms with Crippen LogP contribution in [0.2, 0.25) is 0 Å². The minimum absolute atomic E-state index is 0.0729. The highest BCUT2D eigenvalue weighted by atomic mass is 16.5. The first kappa shape index (κ1) is 12.4. The molecule has 0 bridgehead atoms. The van der Waals surface area contributed by atoms with Gasteiger partial charge in [-0.1, -0.05) is 6.92 Å². The van der Waals surface area contributed by atoms with Crippen molar-refractivity contribution < 1.29 is 19.4 Å². The molecule has 1 aromatic carbocycles. The third-order valence-electron chi connectivity index (χ3n) is 2.45. The molecule has 1 N–H and O–H groups in total. The molecule has 0 aromatic heterocycles. The third kappa shape index (κ3) is 2.89. The van der Waals surface area contributed by atoms with Crippen molar-refractivity contribution in [1.82, 2.24) is 0 Å². The molecule has 88 valence electrons. The van der Waals surface area contributed by atoms with Gasteiger partial charge in [-0.3, -0.25) is 4.79 Å². The van der Waals surface area contributed by atoms with E-state index in [1.54, 1.807) is 26.4 Å². The van der Waals surface area contributed by atoms with Crippen molar-refractivity contribution in [2.45, 2.75) is 19.3 Å². The Hall–Kier alpha value is -1.71. The second-order valence-electron chi connectivity index (χ2n) is 3.61. The quantitative estimate of drug-likeness (QED) is 0.833. The van der Waals surface area contributed by atoms with Gasteiger partial charge in [0.1, 0.15) is 11.5 Å². The van der Waals surface area contributed by atoms with Gasteiger partial charge in [0, 0.05) is 5.56 Å². The van der Waals surface area contributed by atoms with E-state index >= 15 is 0 Å². The van der Waals surface area contributed by atoms with E-state index in [0.29, 0.717) is 11.5 Å². The lowest BCUT2D eigenvalue weighted by Crippen LogP contribution is -2.04. The van der Waals surface area contributed by atoms with Crippen LogP contribution < -0.4 is 9.47 Å². The number of rotatable bonds is 5. The summed E-state index contributed by atoms with van der Waals surface area (Å²) in [5, 5.41) is 8.76. The van der Waals surface area contributed by atoms with Crippen LogP contribution in [0, 0.1) is 0 Å². The van der Waals surface area contributed by atoms with Gasteiger partial charge in [0.2, 0.25) is 0 Å². The summed E-state index contributed by atoms with van der Waals surface area (Å²) >= 11 is 0. The fraction of sp³-hybridized carbons (Fsp3) is 0.417. The molecule has 0 radical (unpaired) electrons. The van der Waals surface area contributed by atoms with Gasteiger partial charge in [0.05, 0.1) is 20.6 Å². The summed E-state index contributed by atoms with van der Waals surface area (Å²) in [7, 11) is 3.15. The minimum Gasteiger partial charge on any atom is -0.497 e. The van der Waals surface area contributed by atoms with E-state index in [9.17, 15) is 4.79 Å². The lowest BCUT2D eigenvalue weighted by atomic mass is 9.96. The molecule has 16 heavy (non-hydrogen) atoms. The van der Waals surface area contributed by atoms with Gasteiger partial charge in [0.25, 0.3) is 0 Å². The largest absolute Gasteiger partial charge is 0.497 e. The van der Waals surface area contributed by atoms with Crippen LogP contribution in [0.25, 0.3) is 0 Å². The number of ether oxygens (including phenoxy) is 2. The van der Waals surface area contributed by atoms with E-state index in [1.807, 2.05) is 13.0 Å². The standard InChI is InChI=1S/C12H16O4/c1-8(6-12(13)14)10-7-9(15-2)4-5-11(10)16-3/h4-5,7-8H,6H2,1-3H3,(H,13,14)/t8-/m1/s1. The molecule has 0 aliphatic carbocycles. The van der Waals surface area contributed by atoms with Crippen LogP contribution in [0.4, 0.5) is 0 Å². The average Bonchev–Trinajstić information content (AvgIpc) is 2.27. The first-order valence-electron chi connectivity index (χ1n) is 5.02. The molecule has 0 saturated carbocycles. The molecule has 0 fully saturated rings. The molecule has 0 spiro atoms. The van der Waals surface area contributed by atoms with Crippen LogP contribution in [-0.2, 0) is 4.79 Å². The van der Waals surface area contributed by atoms with E-state index in [4.69, 9.17) is 14.6 Å². The summed E-state index contributed by atoms with van der Waals surface area (Å²) in [6.07, 6.45) is 0.0729. The van der Waals surface area contributed by atoms with Crippen molar-refractivity contribution in [3.63, 3.8) is 0 Å². The van der Waals surface area contributed by atoms with Gasteiger partial charge in [0.15, 0.2) is 0 Å². The lowest BCUT2D eigenvalue weighted by molar-refractivity contribution is -0.137. The molecule has 4 heteroatoms. The van der Waals surface area contributed by atoms with Crippen LogP contribution in [0.3, 0.4) is 0 Å². The van der Waals surface area contributed by atoms with Gasteiger partial charge in [-0.05, 0) is 24.1 Å². The number of hydrogen-bond acceptors (Lipinski definition) is 3. The van der Waals surface area contributed by atoms with Crippen molar-refractivity contribution in [2.75, 3.05) is 14.2 Å². The van der Waals surface area contributed by atoms with Gasteiger partial charge < -0.3 is 14.6 Å². The zero-order chi connectivity index (χ0) is 12.1. The maximum atomic E-state index is 10.7. The Labute approximate surface area is 94.8 Å². The summed E-state index contributed by atoms with van der Waals surface area (Å²) < 4.78 is 10.3. The molecule has 4 nitrogen and oxygen atoms in total. The highest BCUT2D eigenvalue weighted by molar-refractivity contribution is 5.68. The zero-order valence-electron chi connectivity index (χ0n) is 9.69. The average molecular weight is 224 g/mol. The van der Waals surface area contributed by atoms with E-state index in [-0.39, 0.29) is 12.3 Å². The SMILES string of the molecule is COc1ccc(OC)c([C@H](C)CC(=O)O)c1. The molecule has 0 heterocycles. The fourth-order valence-electron chi connectivity index (χ4n) is 1.60. The number of hydrogen-bond donors (Lipinski definition) is 1. The van der Waals surface area contributed by atoms with E-state index < -0.39 is 5.97 Å². The van der Waals surface area contributed by atoms with Crippen molar-refractivity contribution in [3.05, 3.63) is 23.8 Å². The smallest absolute Gasteiger partial charge is 0.303 e. The van der Waals surface area contributed by atoms with E-state index in [1.165, 1.54) is 0 Å². The number of methoxy groups -OCH3 is 2. The van der Waals surface area contributed by atoms with Crippen LogP contribution in [0.1, 0.15) is 24.8 Å². The Morgan fingerprint density at radius 2 is 2.06 bits per heavy atom. The molecule has 0 saturated heterocycles. The van der Waals surface area contributed by atoms with Crippen molar-refractivity contribution in [1.29, 1.82) is 0 Å². The molecule has 0 aliphatic rings. The summed E-state index contributed by atoms with van der Waals surface area (Å²) in [4.78, 5) is 10.7. The number of carboxylic acid groups (broad SMARTS) is 1. The molecule has 1 rings (SSSR count). The number of aliphatic carboxylic acids is 1. The van der Waals surface area contributed by atoms with Gasteiger partial charge in [-0.15, -0.1) is 0 Å². The molecular formula is C12H16O4. The maximum absolute atomic E-state index is 10.7. The maximum Gasteiger partial charge on any atom is 0.303 e. The summed E-state index contributed by atoms with van der Waals surface area (Å²) in [6, 6.07) is 5.38. The highest BCUT2D eigenvalue weighted by Crippen LogP contribution is 2.31. The Bertz CT molecular complexity index is 373. The topological polar surface area (TPSA) is 55.8 Å². The predicted octanol–water partition coefficient (Wildman–Crippen LogP) is 2.28. The van der Waals surface area contributed by atoms with Crippen LogP contribution >= 0.6 is 0 Å². The first-order valence-corrected chi connectivity index (χ1v) is 5.02. The zero-order valence-corrected chi connectivity index (χ0v) is 9.69. The van der Waals surface area contributed by atoms with E-state index in [2.05, 4.69) is 0 Å². The molecule has 1 aromatic rings. The van der Waals surface area contributed by atoms with Crippen LogP contribution in [0.5, 0.6) is 11.5 Å². The lowest BCUT2D eigenvalue weighted by Gasteiger charge is -2.15. The van der Waals surface area contributed by atoms with Crippen LogP contribution in [-0.4, -0.2) is 25.3 Å². The molecule has 0 aliphatic heterocycles. The molecule has 0 amide bonds. The minimum atomic E-state index is -0.822. The van der Waals surface area contributed by atoms with Crippen molar-refractivity contribution in [3.8, 4) is 11.5 Å². The normalized spacial score (nSPS) is 11.9. The monoisotopic (exact) mass is 224 g/mol. The number of benzene rings is 1. The summed E-state index contributed by atoms with van der Waals surface area (Å²) in [5.74, 6) is 0.461. The van der Waals surface area contributed by atoms with Crippen molar-refractivity contribution in [2.24, 2.45) is 0 Å². The third-order valence-corrected chi connectivity index (χ3v) is 2.45. The fourth-order valence-corrected chi connectivity index (χ4v) is 1.60. The molecular weight excluding hydrogens is 208 g/mol.